The second-order valence-corrected chi connectivity index (χ2v) is 21.5. The van der Waals surface area contributed by atoms with E-state index in [1.807, 2.05) is 72.7 Å². The van der Waals surface area contributed by atoms with E-state index in [9.17, 15) is 31.5 Å². The molecule has 408 valence electrons. The van der Waals surface area contributed by atoms with Crippen LogP contribution in [0.1, 0.15) is 82.8 Å². The lowest BCUT2D eigenvalue weighted by Crippen LogP contribution is -2.41. The molecule has 5 aliphatic rings. The number of likely N-dealkylation sites (tertiary alicyclic amines) is 2. The lowest BCUT2D eigenvalue weighted by molar-refractivity contribution is -0.143. The monoisotopic (exact) mass is 1070 g/mol. The first kappa shape index (κ1) is 57.4. The Hall–Kier alpha value is -5.28. The van der Waals surface area contributed by atoms with Gasteiger partial charge in [0, 0.05) is 75.2 Å². The summed E-state index contributed by atoms with van der Waals surface area (Å²) in [7, 11) is -0.728. The van der Waals surface area contributed by atoms with Crippen LogP contribution in [0.4, 0.5) is 54.6 Å². The highest BCUT2D eigenvalue weighted by Crippen LogP contribution is 2.38. The SMILES string of the molecule is CC[C@@H]1CCN(C(=O)Nc2cc(-c3cc(C)nc(N4CCOCC4)c3)c(C)cc2F)C1.Cc1cc(Cl)cc(N2CCOCC2)n1.Cc1cc(F)c(NC(=O)N2CC[C@@H](CC(F)(F)F)C2)cc1B1OC(C)(C)C(C)(C)O1. The fourth-order valence-electron chi connectivity index (χ4n) is 9.66. The molecule has 2 aromatic heterocycles. The summed E-state index contributed by atoms with van der Waals surface area (Å²) in [5.41, 5.74) is 4.73. The number of nitrogens with zero attached hydrogens (tertiary/aromatic N) is 6. The van der Waals surface area contributed by atoms with Gasteiger partial charge in [0.2, 0.25) is 0 Å². The summed E-state index contributed by atoms with van der Waals surface area (Å²) in [6.45, 7) is 25.2. The summed E-state index contributed by atoms with van der Waals surface area (Å²) < 4.78 is 89.7. The molecule has 2 aromatic carbocycles. The first-order chi connectivity index (χ1) is 35.4. The van der Waals surface area contributed by atoms with Crippen molar-refractivity contribution in [1.82, 2.24) is 19.8 Å². The van der Waals surface area contributed by atoms with Gasteiger partial charge in [0.15, 0.2) is 0 Å². The summed E-state index contributed by atoms with van der Waals surface area (Å²) in [4.78, 5) is 41.8. The molecule has 0 aliphatic carbocycles. The van der Waals surface area contributed by atoms with Gasteiger partial charge < -0.3 is 49.0 Å². The number of rotatable bonds is 8. The maximum atomic E-state index is 14.7. The minimum Gasteiger partial charge on any atom is -0.399 e. The molecule has 7 heterocycles. The maximum absolute atomic E-state index is 14.7. The maximum Gasteiger partial charge on any atom is 0.495 e. The van der Waals surface area contributed by atoms with Crippen molar-refractivity contribution in [2.45, 2.75) is 105 Å². The first-order valence-corrected chi connectivity index (χ1v) is 26.2. The number of hydrogen-bond acceptors (Lipinski definition) is 10. The Kier molecular flexibility index (Phi) is 18.7. The van der Waals surface area contributed by atoms with E-state index in [-0.39, 0.29) is 36.9 Å². The van der Waals surface area contributed by atoms with Crippen LogP contribution in [0, 0.1) is 51.2 Å². The number of nitrogens with one attached hydrogen (secondary N) is 2. The molecule has 21 heteroatoms. The third-order valence-corrected chi connectivity index (χ3v) is 14.9. The molecule has 0 bridgehead atoms. The van der Waals surface area contributed by atoms with E-state index in [1.54, 1.807) is 17.9 Å². The highest BCUT2D eigenvalue weighted by Gasteiger charge is 2.52. The molecule has 4 aromatic rings. The average Bonchev–Trinajstić information content (AvgIpc) is 4.08. The second kappa shape index (κ2) is 24.4. The molecule has 2 atom stereocenters. The molecule has 5 aliphatic heterocycles. The Morgan fingerprint density at radius 2 is 1.16 bits per heavy atom. The van der Waals surface area contributed by atoms with Crippen molar-refractivity contribution in [2.75, 3.05) is 99.2 Å². The molecule has 0 radical (unpaired) electrons. The number of pyridine rings is 2. The number of ether oxygens (including phenoxy) is 2. The quantitative estimate of drug-likeness (QED) is 0.130. The fraction of sp³-hybridized carbons (Fsp3) is 0.556. The lowest BCUT2D eigenvalue weighted by Gasteiger charge is -2.32. The van der Waals surface area contributed by atoms with Crippen molar-refractivity contribution in [2.24, 2.45) is 11.8 Å². The highest BCUT2D eigenvalue weighted by atomic mass is 35.5. The molecular weight excluding hydrogens is 998 g/mol. The summed E-state index contributed by atoms with van der Waals surface area (Å²) in [6, 6.07) is 12.9. The van der Waals surface area contributed by atoms with E-state index < -0.39 is 54.5 Å². The summed E-state index contributed by atoms with van der Waals surface area (Å²) in [6.07, 6.45) is -2.87. The zero-order valence-electron chi connectivity index (χ0n) is 44.6. The Morgan fingerprint density at radius 1 is 0.680 bits per heavy atom. The van der Waals surface area contributed by atoms with Gasteiger partial charge >= 0.3 is 25.4 Å². The van der Waals surface area contributed by atoms with Crippen LogP contribution in [0.5, 0.6) is 0 Å². The van der Waals surface area contributed by atoms with Gasteiger partial charge in [-0.25, -0.2) is 28.3 Å². The van der Waals surface area contributed by atoms with Crippen LogP contribution in [0.3, 0.4) is 0 Å². The number of urea groups is 2. The minimum absolute atomic E-state index is 0.0110. The van der Waals surface area contributed by atoms with Gasteiger partial charge in [0.1, 0.15) is 23.3 Å². The van der Waals surface area contributed by atoms with Crippen LogP contribution in [0.15, 0.2) is 48.5 Å². The number of carbonyl (C=O) groups is 2. The normalized spacial score (nSPS) is 20.3. The molecule has 14 nitrogen and oxygen atoms in total. The number of aryl methyl sites for hydroxylation is 4. The van der Waals surface area contributed by atoms with Crippen LogP contribution in [-0.4, -0.2) is 135 Å². The molecule has 5 saturated heterocycles. The van der Waals surface area contributed by atoms with E-state index >= 15 is 0 Å². The number of anilines is 4. The number of halogens is 6. The van der Waals surface area contributed by atoms with Crippen molar-refractivity contribution in [3.63, 3.8) is 0 Å². The molecule has 75 heavy (non-hydrogen) atoms. The topological polar surface area (TPSA) is 134 Å². The number of alkyl halides is 3. The summed E-state index contributed by atoms with van der Waals surface area (Å²) in [5, 5.41) is 6.03. The van der Waals surface area contributed by atoms with Gasteiger partial charge in [0.05, 0.1) is 49.0 Å². The van der Waals surface area contributed by atoms with Gasteiger partial charge in [-0.05, 0) is 156 Å². The predicted octanol–water partition coefficient (Wildman–Crippen LogP) is 10.7. The van der Waals surface area contributed by atoms with Crippen molar-refractivity contribution in [1.29, 1.82) is 0 Å². The molecule has 0 saturated carbocycles. The molecule has 9 rings (SSSR count). The van der Waals surface area contributed by atoms with Crippen LogP contribution < -0.4 is 25.9 Å². The third-order valence-electron chi connectivity index (χ3n) is 14.7. The second-order valence-electron chi connectivity index (χ2n) is 21.1. The fourth-order valence-corrected chi connectivity index (χ4v) is 9.92. The average molecular weight is 1070 g/mol. The van der Waals surface area contributed by atoms with Gasteiger partial charge in [-0.1, -0.05) is 24.9 Å². The van der Waals surface area contributed by atoms with Gasteiger partial charge in [0.25, 0.3) is 0 Å². The molecule has 4 amide bonds. The van der Waals surface area contributed by atoms with Crippen LogP contribution in [0.2, 0.25) is 5.02 Å². The van der Waals surface area contributed by atoms with Crippen molar-refractivity contribution >= 4 is 59.3 Å². The van der Waals surface area contributed by atoms with Crippen molar-refractivity contribution in [3.05, 3.63) is 87.7 Å². The summed E-state index contributed by atoms with van der Waals surface area (Å²) >= 11 is 5.97. The standard InChI is InChI=1S/C24H31FN4O2.C20H27BF4N2O3.C10H13ClN2O/c1-4-18-5-6-29(15-18)24(30)27-22-14-20(16(2)11-21(22)25)19-12-17(3)26-23(13-19)28-7-9-31-10-8-28;1-12-8-15(22)16(9-14(12)21-29-18(2,3)19(4,5)30-21)26-17(28)27-7-6-13(11-27)10-20(23,24)25;1-8-6-9(11)7-10(12-8)13-2-4-14-5-3-13/h11-14,18H,4-10,15H2,1-3H3,(H,27,30);8-9,13H,6-7,10-11H2,1-5H3,(H,26,28);6-7H,2-5H2,1H3/t18-;13-;/m10./s1. The third kappa shape index (κ3) is 15.0. The smallest absolute Gasteiger partial charge is 0.399 e. The zero-order chi connectivity index (χ0) is 54.4. The number of carbonyl (C=O) groups excluding carboxylic acids is 2. The van der Waals surface area contributed by atoms with E-state index in [0.29, 0.717) is 30.2 Å². The van der Waals surface area contributed by atoms with E-state index in [4.69, 9.17) is 30.4 Å². The zero-order valence-corrected chi connectivity index (χ0v) is 45.3. The van der Waals surface area contributed by atoms with Crippen LogP contribution in [0.25, 0.3) is 11.1 Å². The Bertz CT molecular complexity index is 2620. The number of aromatic nitrogens is 2. The highest BCUT2D eigenvalue weighted by molar-refractivity contribution is 6.62. The van der Waals surface area contributed by atoms with Crippen molar-refractivity contribution < 1.29 is 50.3 Å². The molecule has 0 spiro atoms. The number of amides is 4. The Morgan fingerprint density at radius 3 is 1.67 bits per heavy atom. The summed E-state index contributed by atoms with van der Waals surface area (Å²) in [5.74, 6) is 0.697. The largest absolute Gasteiger partial charge is 0.495 e. The Labute approximate surface area is 443 Å². The molecule has 0 unspecified atom stereocenters. The molecule has 5 fully saturated rings. The Balaban J connectivity index is 0.000000175. The van der Waals surface area contributed by atoms with E-state index in [1.165, 1.54) is 23.1 Å². The van der Waals surface area contributed by atoms with Gasteiger partial charge in [-0.3, -0.25) is 0 Å². The first-order valence-electron chi connectivity index (χ1n) is 25.8. The van der Waals surface area contributed by atoms with Crippen molar-refractivity contribution in [3.8, 4) is 11.1 Å². The van der Waals surface area contributed by atoms with Gasteiger partial charge in [-0.15, -0.1) is 0 Å². The van der Waals surface area contributed by atoms with Crippen LogP contribution >= 0.6 is 11.6 Å². The van der Waals surface area contributed by atoms with Gasteiger partial charge in [-0.2, -0.15) is 13.2 Å². The number of hydrogen-bond donors (Lipinski definition) is 2. The molecular formula is C54H71BClF5N8O6. The number of morpholine rings is 2. The number of benzene rings is 2. The van der Waals surface area contributed by atoms with E-state index in [0.717, 1.165) is 110 Å². The molecule has 2 N–H and O–H groups in total. The van der Waals surface area contributed by atoms with E-state index in [2.05, 4.69) is 37.3 Å². The lowest BCUT2D eigenvalue weighted by atomic mass is 9.76. The minimum atomic E-state index is -4.27. The predicted molar refractivity (Wildman–Crippen MR) is 284 cm³/mol. The van der Waals surface area contributed by atoms with Crippen LogP contribution in [-0.2, 0) is 18.8 Å².